The van der Waals surface area contributed by atoms with Crippen LogP contribution in [-0.4, -0.2) is 13.1 Å². The molecule has 0 spiro atoms. The lowest BCUT2D eigenvalue weighted by Crippen LogP contribution is -2.21. The molecule has 1 aliphatic rings. The third-order valence-corrected chi connectivity index (χ3v) is 5.51. The van der Waals surface area contributed by atoms with Crippen molar-refractivity contribution in [2.75, 3.05) is 7.11 Å². The Bertz CT molecular complexity index is 1310. The number of nitriles is 1. The van der Waals surface area contributed by atoms with Crippen molar-refractivity contribution in [2.45, 2.75) is 5.92 Å². The summed E-state index contributed by atoms with van der Waals surface area (Å²) in [4.78, 5) is 12.3. The summed E-state index contributed by atoms with van der Waals surface area (Å²) >= 11 is 6.10. The van der Waals surface area contributed by atoms with E-state index in [1.165, 1.54) is 6.08 Å². The second-order valence-electron chi connectivity index (χ2n) is 7.17. The number of fused-ring (bicyclic) bond motifs is 1. The molecular formula is C26H19ClN2O4. The van der Waals surface area contributed by atoms with Gasteiger partial charge in [0.25, 0.3) is 0 Å². The van der Waals surface area contributed by atoms with Gasteiger partial charge in [-0.15, -0.1) is 0 Å². The molecule has 3 aromatic rings. The lowest BCUT2D eigenvalue weighted by Gasteiger charge is -2.26. The summed E-state index contributed by atoms with van der Waals surface area (Å²) < 4.78 is 16.3. The van der Waals surface area contributed by atoms with Crippen LogP contribution in [0.3, 0.4) is 0 Å². The maximum atomic E-state index is 12.3. The molecule has 33 heavy (non-hydrogen) atoms. The van der Waals surface area contributed by atoms with E-state index < -0.39 is 11.9 Å². The van der Waals surface area contributed by atoms with Gasteiger partial charge in [-0.3, -0.25) is 0 Å². The van der Waals surface area contributed by atoms with Crippen LogP contribution in [0, 0.1) is 11.3 Å². The minimum Gasteiger partial charge on any atom is -0.497 e. The Morgan fingerprint density at radius 3 is 2.55 bits per heavy atom. The van der Waals surface area contributed by atoms with Gasteiger partial charge in [0, 0.05) is 22.7 Å². The Labute approximate surface area is 196 Å². The highest BCUT2D eigenvalue weighted by Crippen LogP contribution is 2.43. The monoisotopic (exact) mass is 458 g/mol. The van der Waals surface area contributed by atoms with Crippen LogP contribution in [0.15, 0.2) is 84.3 Å². The molecule has 0 aliphatic carbocycles. The standard InChI is InChI=1S/C26H19ClN2O4/c1-31-18-9-6-17(7-10-18)25-20-12-11-19(14-23(20)33-26(29)21(25)15-28)32-24(30)13-8-16-4-2-3-5-22(16)27/h2-14,25H,29H2,1H3/b13-8+. The number of rotatable bonds is 5. The highest BCUT2D eigenvalue weighted by atomic mass is 35.5. The van der Waals surface area contributed by atoms with Crippen LogP contribution in [-0.2, 0) is 4.79 Å². The SMILES string of the molecule is COc1ccc(C2C(C#N)=C(N)Oc3cc(OC(=O)/C=C/c4ccccc4Cl)ccc32)cc1. The average Bonchev–Trinajstić information content (AvgIpc) is 2.82. The minimum absolute atomic E-state index is 0.00732. The van der Waals surface area contributed by atoms with Crippen LogP contribution in [0.25, 0.3) is 6.08 Å². The predicted molar refractivity (Wildman–Crippen MR) is 125 cm³/mol. The normalized spacial score (nSPS) is 14.9. The number of allylic oxidation sites excluding steroid dienone is 1. The summed E-state index contributed by atoms with van der Waals surface area (Å²) in [6.45, 7) is 0. The van der Waals surface area contributed by atoms with Crippen molar-refractivity contribution in [3.8, 4) is 23.3 Å². The molecule has 6 nitrogen and oxygen atoms in total. The van der Waals surface area contributed by atoms with Gasteiger partial charge in [0.15, 0.2) is 0 Å². The van der Waals surface area contributed by atoms with Gasteiger partial charge in [-0.2, -0.15) is 5.26 Å². The van der Waals surface area contributed by atoms with Crippen molar-refractivity contribution >= 4 is 23.6 Å². The molecule has 1 atom stereocenters. The number of benzene rings is 3. The Morgan fingerprint density at radius 2 is 1.85 bits per heavy atom. The molecule has 0 saturated carbocycles. The number of esters is 1. The van der Waals surface area contributed by atoms with Crippen LogP contribution in [0.5, 0.6) is 17.2 Å². The molecule has 1 heterocycles. The van der Waals surface area contributed by atoms with Gasteiger partial charge >= 0.3 is 5.97 Å². The van der Waals surface area contributed by atoms with Crippen molar-refractivity contribution in [1.29, 1.82) is 5.26 Å². The van der Waals surface area contributed by atoms with Crippen molar-refractivity contribution in [1.82, 2.24) is 0 Å². The van der Waals surface area contributed by atoms with Gasteiger partial charge in [-0.05, 0) is 41.5 Å². The topological polar surface area (TPSA) is 94.6 Å². The number of nitrogens with zero attached hydrogens (tertiary/aromatic N) is 1. The first-order valence-corrected chi connectivity index (χ1v) is 10.4. The van der Waals surface area contributed by atoms with Gasteiger partial charge in [-0.1, -0.05) is 48.0 Å². The fourth-order valence-corrected chi connectivity index (χ4v) is 3.76. The van der Waals surface area contributed by atoms with Gasteiger partial charge in [0.1, 0.15) is 28.9 Å². The molecule has 0 aromatic heterocycles. The zero-order valence-electron chi connectivity index (χ0n) is 17.6. The summed E-state index contributed by atoms with van der Waals surface area (Å²) in [5, 5.41) is 10.2. The molecule has 0 radical (unpaired) electrons. The lowest BCUT2D eigenvalue weighted by atomic mass is 9.83. The molecule has 2 N–H and O–H groups in total. The fraction of sp³-hybridized carbons (Fsp3) is 0.0769. The van der Waals surface area contributed by atoms with E-state index in [4.69, 9.17) is 31.5 Å². The van der Waals surface area contributed by atoms with E-state index >= 15 is 0 Å². The first-order valence-electron chi connectivity index (χ1n) is 10.00. The van der Waals surface area contributed by atoms with Gasteiger partial charge in [-0.25, -0.2) is 4.79 Å². The average molecular weight is 459 g/mol. The number of carbonyl (C=O) groups excluding carboxylic acids is 1. The maximum Gasteiger partial charge on any atom is 0.336 e. The van der Waals surface area contributed by atoms with E-state index in [-0.39, 0.29) is 11.6 Å². The molecule has 0 bridgehead atoms. The van der Waals surface area contributed by atoms with E-state index in [9.17, 15) is 10.1 Å². The van der Waals surface area contributed by atoms with E-state index in [0.717, 1.165) is 11.1 Å². The molecule has 0 fully saturated rings. The molecule has 164 valence electrons. The van der Waals surface area contributed by atoms with Crippen LogP contribution < -0.4 is 19.9 Å². The Morgan fingerprint density at radius 1 is 1.12 bits per heavy atom. The van der Waals surface area contributed by atoms with E-state index in [0.29, 0.717) is 27.7 Å². The summed E-state index contributed by atoms with van der Waals surface area (Å²) in [5.74, 6) is 0.409. The van der Waals surface area contributed by atoms with Gasteiger partial charge in [0.05, 0.1) is 13.0 Å². The van der Waals surface area contributed by atoms with Crippen molar-refractivity contribution in [2.24, 2.45) is 5.73 Å². The first kappa shape index (κ1) is 22.0. The van der Waals surface area contributed by atoms with Crippen molar-refractivity contribution < 1.29 is 19.0 Å². The molecule has 7 heteroatoms. The number of hydrogen-bond donors (Lipinski definition) is 1. The Balaban J connectivity index is 1.60. The quantitative estimate of drug-likeness (QED) is 0.321. The molecule has 0 amide bonds. The van der Waals surface area contributed by atoms with E-state index in [1.807, 2.05) is 36.4 Å². The number of halogens is 1. The maximum absolute atomic E-state index is 12.3. The third-order valence-electron chi connectivity index (χ3n) is 5.16. The van der Waals surface area contributed by atoms with E-state index in [2.05, 4.69) is 6.07 Å². The number of hydrogen-bond acceptors (Lipinski definition) is 6. The molecule has 1 aliphatic heterocycles. The zero-order valence-corrected chi connectivity index (χ0v) is 18.4. The second-order valence-corrected chi connectivity index (χ2v) is 7.58. The van der Waals surface area contributed by atoms with Crippen LogP contribution >= 0.6 is 11.6 Å². The van der Waals surface area contributed by atoms with Crippen molar-refractivity contribution in [3.63, 3.8) is 0 Å². The summed E-state index contributed by atoms with van der Waals surface area (Å²) in [6.07, 6.45) is 2.88. The number of ether oxygens (including phenoxy) is 3. The molecular weight excluding hydrogens is 440 g/mol. The van der Waals surface area contributed by atoms with Crippen LogP contribution in [0.1, 0.15) is 22.6 Å². The molecule has 0 saturated heterocycles. The number of carbonyl (C=O) groups is 1. The van der Waals surface area contributed by atoms with Crippen LogP contribution in [0.4, 0.5) is 0 Å². The number of methoxy groups -OCH3 is 1. The van der Waals surface area contributed by atoms with Crippen molar-refractivity contribution in [3.05, 3.63) is 106 Å². The largest absolute Gasteiger partial charge is 0.497 e. The zero-order chi connectivity index (χ0) is 23.4. The third kappa shape index (κ3) is 4.69. The Hall–Kier alpha value is -4.21. The van der Waals surface area contributed by atoms with Gasteiger partial charge < -0.3 is 19.9 Å². The first-order chi connectivity index (χ1) is 16.0. The Kier molecular flexibility index (Phi) is 6.34. The highest BCUT2D eigenvalue weighted by Gasteiger charge is 2.31. The number of nitrogens with two attached hydrogens (primary N) is 1. The predicted octanol–water partition coefficient (Wildman–Crippen LogP) is 5.19. The summed E-state index contributed by atoms with van der Waals surface area (Å²) in [6, 6.07) is 21.7. The summed E-state index contributed by atoms with van der Waals surface area (Å²) in [5.41, 5.74) is 8.64. The highest BCUT2D eigenvalue weighted by molar-refractivity contribution is 6.32. The van der Waals surface area contributed by atoms with Crippen LogP contribution in [0.2, 0.25) is 5.02 Å². The molecule has 4 rings (SSSR count). The fourth-order valence-electron chi connectivity index (χ4n) is 3.56. The smallest absolute Gasteiger partial charge is 0.336 e. The van der Waals surface area contributed by atoms with E-state index in [1.54, 1.807) is 43.5 Å². The minimum atomic E-state index is -0.571. The second kappa shape index (κ2) is 9.51. The summed E-state index contributed by atoms with van der Waals surface area (Å²) in [7, 11) is 1.59. The lowest BCUT2D eigenvalue weighted by molar-refractivity contribution is -0.128. The molecule has 3 aromatic carbocycles. The molecule has 1 unspecified atom stereocenters. The van der Waals surface area contributed by atoms with Gasteiger partial charge in [0.2, 0.25) is 5.88 Å².